The molecule has 9 heavy (non-hydrogen) atoms. The van der Waals surface area contributed by atoms with Crippen molar-refractivity contribution in [2.45, 2.75) is 12.8 Å². The Bertz CT molecular complexity index is 158. The molecular formula is C7H8BrF. The maximum Gasteiger partial charge on any atom is 0.111 e. The van der Waals surface area contributed by atoms with Crippen LogP contribution in [0.25, 0.3) is 0 Å². The molecule has 0 aromatic rings. The summed E-state index contributed by atoms with van der Waals surface area (Å²) in [5.41, 5.74) is 0.901. The minimum Gasteiger partial charge on any atom is -0.246 e. The van der Waals surface area contributed by atoms with Crippen molar-refractivity contribution in [3.8, 4) is 0 Å². The van der Waals surface area contributed by atoms with Crippen LogP contribution in [-0.2, 0) is 0 Å². The maximum atomic E-state index is 11.9. The highest BCUT2D eigenvalue weighted by Crippen LogP contribution is 2.22. The van der Waals surface area contributed by atoms with Gasteiger partial charge in [0.2, 0.25) is 0 Å². The largest absolute Gasteiger partial charge is 0.246 e. The molecule has 0 spiro atoms. The zero-order valence-electron chi connectivity index (χ0n) is 5.03. The Morgan fingerprint density at radius 3 is 2.67 bits per heavy atom. The van der Waals surface area contributed by atoms with Crippen molar-refractivity contribution >= 4 is 15.9 Å². The van der Waals surface area contributed by atoms with Crippen molar-refractivity contribution < 1.29 is 4.39 Å². The van der Waals surface area contributed by atoms with E-state index in [9.17, 15) is 4.39 Å². The van der Waals surface area contributed by atoms with E-state index in [1.807, 2.05) is 12.2 Å². The average molecular weight is 191 g/mol. The zero-order chi connectivity index (χ0) is 6.69. The third kappa shape index (κ3) is 1.94. The molecule has 0 nitrogen and oxygen atoms in total. The minimum atomic E-state index is -0.295. The molecule has 0 fully saturated rings. The van der Waals surface area contributed by atoms with E-state index in [2.05, 4.69) is 15.9 Å². The van der Waals surface area contributed by atoms with Crippen LogP contribution in [0.5, 0.6) is 0 Å². The molecule has 0 N–H and O–H groups in total. The average Bonchev–Trinajstić information content (AvgIpc) is 1.90. The molecule has 0 aliphatic heterocycles. The van der Waals surface area contributed by atoms with Crippen molar-refractivity contribution in [1.82, 2.24) is 0 Å². The van der Waals surface area contributed by atoms with Gasteiger partial charge in [-0.2, -0.15) is 0 Å². The summed E-state index contributed by atoms with van der Waals surface area (Å²) in [6.45, 7) is -0.295. The van der Waals surface area contributed by atoms with Crippen LogP contribution in [0.4, 0.5) is 4.39 Å². The summed E-state index contributed by atoms with van der Waals surface area (Å²) in [5.74, 6) is 0. The number of rotatable bonds is 1. The summed E-state index contributed by atoms with van der Waals surface area (Å²) in [5, 5.41) is 0. The Kier molecular flexibility index (Phi) is 2.46. The summed E-state index contributed by atoms with van der Waals surface area (Å²) in [6.07, 6.45) is 5.58. The molecule has 0 radical (unpaired) electrons. The molecule has 0 saturated carbocycles. The summed E-state index contributed by atoms with van der Waals surface area (Å²) in [6, 6.07) is 0. The predicted octanol–water partition coefficient (Wildman–Crippen LogP) is 2.95. The first-order valence-electron chi connectivity index (χ1n) is 2.93. The van der Waals surface area contributed by atoms with E-state index in [1.54, 1.807) is 0 Å². The van der Waals surface area contributed by atoms with Crippen LogP contribution in [0.1, 0.15) is 12.8 Å². The van der Waals surface area contributed by atoms with E-state index in [4.69, 9.17) is 0 Å². The fourth-order valence-corrected chi connectivity index (χ4v) is 1.10. The fourth-order valence-electron chi connectivity index (χ4n) is 0.766. The smallest absolute Gasteiger partial charge is 0.111 e. The summed E-state index contributed by atoms with van der Waals surface area (Å²) < 4.78 is 13.1. The van der Waals surface area contributed by atoms with Crippen LogP contribution < -0.4 is 0 Å². The number of hydrogen-bond donors (Lipinski definition) is 0. The van der Waals surface area contributed by atoms with Gasteiger partial charge < -0.3 is 0 Å². The van der Waals surface area contributed by atoms with Gasteiger partial charge in [-0.1, -0.05) is 28.1 Å². The number of allylic oxidation sites excluding steroid dienone is 4. The standard InChI is InChI=1S/C7H8BrF/c8-7-3-1-6(5-9)2-4-7/h1,3H,2,4-5H2. The van der Waals surface area contributed by atoms with Crippen LogP contribution >= 0.6 is 15.9 Å². The van der Waals surface area contributed by atoms with Gasteiger partial charge in [-0.15, -0.1) is 0 Å². The molecule has 1 rings (SSSR count). The van der Waals surface area contributed by atoms with Gasteiger partial charge in [0.05, 0.1) is 0 Å². The highest BCUT2D eigenvalue weighted by Gasteiger charge is 2.01. The van der Waals surface area contributed by atoms with E-state index in [0.29, 0.717) is 0 Å². The Morgan fingerprint density at radius 2 is 2.22 bits per heavy atom. The van der Waals surface area contributed by atoms with Crippen molar-refractivity contribution in [2.24, 2.45) is 0 Å². The fraction of sp³-hybridized carbons (Fsp3) is 0.429. The van der Waals surface area contributed by atoms with Crippen molar-refractivity contribution in [1.29, 1.82) is 0 Å². The minimum absolute atomic E-state index is 0.295. The van der Waals surface area contributed by atoms with Gasteiger partial charge in [0.15, 0.2) is 0 Å². The summed E-state index contributed by atoms with van der Waals surface area (Å²) in [4.78, 5) is 0. The summed E-state index contributed by atoms with van der Waals surface area (Å²) in [7, 11) is 0. The highest BCUT2D eigenvalue weighted by atomic mass is 79.9. The van der Waals surface area contributed by atoms with Crippen LogP contribution in [0.15, 0.2) is 22.2 Å². The first-order valence-corrected chi connectivity index (χ1v) is 3.72. The highest BCUT2D eigenvalue weighted by molar-refractivity contribution is 9.11. The Labute approximate surface area is 62.6 Å². The van der Waals surface area contributed by atoms with Crippen molar-refractivity contribution in [3.05, 3.63) is 22.2 Å². The maximum absolute atomic E-state index is 11.9. The van der Waals surface area contributed by atoms with Gasteiger partial charge in [0.25, 0.3) is 0 Å². The predicted molar refractivity (Wildman–Crippen MR) is 40.3 cm³/mol. The molecule has 1 aliphatic carbocycles. The van der Waals surface area contributed by atoms with E-state index >= 15 is 0 Å². The lowest BCUT2D eigenvalue weighted by Gasteiger charge is -2.05. The molecule has 50 valence electrons. The second kappa shape index (κ2) is 3.16. The zero-order valence-corrected chi connectivity index (χ0v) is 6.62. The Balaban J connectivity index is 2.59. The van der Waals surface area contributed by atoms with E-state index < -0.39 is 0 Å². The molecule has 0 aromatic carbocycles. The third-order valence-electron chi connectivity index (χ3n) is 1.36. The van der Waals surface area contributed by atoms with E-state index in [1.165, 1.54) is 4.48 Å². The molecule has 0 amide bonds. The number of alkyl halides is 1. The molecule has 0 aromatic heterocycles. The lowest BCUT2D eigenvalue weighted by Crippen LogP contribution is -1.90. The second-order valence-corrected chi connectivity index (χ2v) is 3.09. The molecule has 1 aliphatic rings. The number of halogens is 2. The van der Waals surface area contributed by atoms with Gasteiger partial charge >= 0.3 is 0 Å². The molecule has 0 bridgehead atoms. The van der Waals surface area contributed by atoms with E-state index in [-0.39, 0.29) is 6.67 Å². The van der Waals surface area contributed by atoms with Crippen molar-refractivity contribution in [3.63, 3.8) is 0 Å². The van der Waals surface area contributed by atoms with Gasteiger partial charge in [0.1, 0.15) is 6.67 Å². The van der Waals surface area contributed by atoms with Crippen LogP contribution in [0.3, 0.4) is 0 Å². The molecule has 0 atom stereocenters. The Morgan fingerprint density at radius 1 is 1.44 bits per heavy atom. The third-order valence-corrected chi connectivity index (χ3v) is 2.02. The van der Waals surface area contributed by atoms with Crippen LogP contribution in [-0.4, -0.2) is 6.67 Å². The molecular weight excluding hydrogens is 183 g/mol. The first-order chi connectivity index (χ1) is 4.33. The van der Waals surface area contributed by atoms with Gasteiger partial charge in [-0.25, -0.2) is 4.39 Å². The van der Waals surface area contributed by atoms with Gasteiger partial charge in [0, 0.05) is 0 Å². The van der Waals surface area contributed by atoms with E-state index in [0.717, 1.165) is 18.4 Å². The van der Waals surface area contributed by atoms with Gasteiger partial charge in [-0.3, -0.25) is 0 Å². The number of hydrogen-bond acceptors (Lipinski definition) is 0. The lowest BCUT2D eigenvalue weighted by atomic mass is 10.1. The topological polar surface area (TPSA) is 0 Å². The lowest BCUT2D eigenvalue weighted by molar-refractivity contribution is 0.530. The summed E-state index contributed by atoms with van der Waals surface area (Å²) >= 11 is 3.34. The SMILES string of the molecule is FCC1=CC=C(Br)CC1. The molecule has 0 unspecified atom stereocenters. The molecule has 2 heteroatoms. The monoisotopic (exact) mass is 190 g/mol. The van der Waals surface area contributed by atoms with Crippen LogP contribution in [0, 0.1) is 0 Å². The normalized spacial score (nSPS) is 18.9. The van der Waals surface area contributed by atoms with Crippen molar-refractivity contribution in [2.75, 3.05) is 6.67 Å². The Hall–Kier alpha value is -0.110. The second-order valence-electron chi connectivity index (χ2n) is 2.07. The molecule has 0 saturated heterocycles. The molecule has 0 heterocycles. The van der Waals surface area contributed by atoms with Crippen LogP contribution in [0.2, 0.25) is 0 Å². The quantitative estimate of drug-likeness (QED) is 0.597. The first kappa shape index (κ1) is 7.00. The van der Waals surface area contributed by atoms with Gasteiger partial charge in [-0.05, 0) is 22.9 Å².